The van der Waals surface area contributed by atoms with Gasteiger partial charge < -0.3 is 15.5 Å². The maximum absolute atomic E-state index is 5.84. The van der Waals surface area contributed by atoms with E-state index in [9.17, 15) is 0 Å². The largest absolute Gasteiger partial charge is 0.451 e. The Labute approximate surface area is 127 Å². The lowest BCUT2D eigenvalue weighted by molar-refractivity contribution is 0.462. The molecule has 0 fully saturated rings. The van der Waals surface area contributed by atoms with Gasteiger partial charge in [-0.05, 0) is 62.2 Å². The van der Waals surface area contributed by atoms with E-state index >= 15 is 0 Å². The molecule has 1 heterocycles. The van der Waals surface area contributed by atoms with Gasteiger partial charge in [0.25, 0.3) is 0 Å². The maximum atomic E-state index is 5.84. The van der Waals surface area contributed by atoms with Crippen LogP contribution in [-0.2, 0) is 0 Å². The summed E-state index contributed by atoms with van der Waals surface area (Å²) in [7, 11) is 0. The van der Waals surface area contributed by atoms with E-state index in [0.717, 1.165) is 15.9 Å². The van der Waals surface area contributed by atoms with E-state index in [2.05, 4.69) is 37.2 Å². The first kappa shape index (κ1) is 13.9. The van der Waals surface area contributed by atoms with Crippen LogP contribution in [0.5, 0.6) is 0 Å². The fourth-order valence-corrected chi connectivity index (χ4v) is 2.26. The highest BCUT2D eigenvalue weighted by Crippen LogP contribution is 2.31. The molecule has 6 heteroatoms. The van der Waals surface area contributed by atoms with Crippen molar-refractivity contribution < 1.29 is 4.42 Å². The molecule has 1 unspecified atom stereocenters. The molecule has 0 saturated heterocycles. The lowest BCUT2D eigenvalue weighted by Crippen LogP contribution is -2.19. The first-order valence-electron chi connectivity index (χ1n) is 5.27. The standard InChI is InChI=1S/C12H11Br2ClN2O/c13-9-5-11(18-12(9)14)10(6-16)17-8-3-1-7(15)2-4-8/h1-5,10,17H,6,16H2. The fourth-order valence-electron chi connectivity index (χ4n) is 1.53. The summed E-state index contributed by atoms with van der Waals surface area (Å²) in [6.45, 7) is 0.426. The van der Waals surface area contributed by atoms with Gasteiger partial charge >= 0.3 is 0 Å². The van der Waals surface area contributed by atoms with Crippen LogP contribution in [0.2, 0.25) is 5.02 Å². The third-order valence-corrected chi connectivity index (χ3v) is 4.39. The molecule has 96 valence electrons. The zero-order valence-corrected chi connectivity index (χ0v) is 13.2. The molecule has 0 spiro atoms. The predicted octanol–water partition coefficient (Wildman–Crippen LogP) is 4.57. The van der Waals surface area contributed by atoms with Gasteiger partial charge in [0.2, 0.25) is 0 Å². The molecule has 1 aromatic carbocycles. The Morgan fingerprint density at radius 1 is 1.28 bits per heavy atom. The van der Waals surface area contributed by atoms with E-state index in [0.29, 0.717) is 16.2 Å². The Balaban J connectivity index is 2.16. The number of halogens is 3. The summed E-state index contributed by atoms with van der Waals surface area (Å²) in [6, 6.07) is 9.26. The Hall–Kier alpha value is -0.490. The lowest BCUT2D eigenvalue weighted by Gasteiger charge is -2.15. The van der Waals surface area contributed by atoms with Crippen LogP contribution in [0.15, 0.2) is 43.9 Å². The predicted molar refractivity (Wildman–Crippen MR) is 81.0 cm³/mol. The van der Waals surface area contributed by atoms with Crippen molar-refractivity contribution >= 4 is 49.1 Å². The molecule has 3 nitrogen and oxygen atoms in total. The average Bonchev–Trinajstić information content (AvgIpc) is 2.69. The third-order valence-electron chi connectivity index (χ3n) is 2.43. The van der Waals surface area contributed by atoms with Gasteiger partial charge in [0.15, 0.2) is 4.67 Å². The summed E-state index contributed by atoms with van der Waals surface area (Å²) in [4.78, 5) is 0. The normalized spacial score (nSPS) is 12.4. The number of benzene rings is 1. The quantitative estimate of drug-likeness (QED) is 0.799. The van der Waals surface area contributed by atoms with Crippen LogP contribution < -0.4 is 11.1 Å². The SMILES string of the molecule is NCC(Nc1ccc(Cl)cc1)c1cc(Br)c(Br)o1. The van der Waals surface area contributed by atoms with Crippen molar-refractivity contribution in [3.05, 3.63) is 50.3 Å². The summed E-state index contributed by atoms with van der Waals surface area (Å²) in [5.74, 6) is 0.770. The number of nitrogens with one attached hydrogen (secondary N) is 1. The van der Waals surface area contributed by atoms with Crippen molar-refractivity contribution in [2.75, 3.05) is 11.9 Å². The summed E-state index contributed by atoms with van der Waals surface area (Å²) in [5, 5.41) is 4.00. The van der Waals surface area contributed by atoms with Gasteiger partial charge in [-0.1, -0.05) is 11.6 Å². The molecule has 0 aliphatic rings. The van der Waals surface area contributed by atoms with Gasteiger partial charge in [0.05, 0.1) is 10.5 Å². The van der Waals surface area contributed by atoms with Crippen molar-refractivity contribution in [2.24, 2.45) is 5.73 Å². The maximum Gasteiger partial charge on any atom is 0.183 e. The fraction of sp³-hybridized carbons (Fsp3) is 0.167. The van der Waals surface area contributed by atoms with E-state index in [1.165, 1.54) is 0 Å². The highest BCUT2D eigenvalue weighted by Gasteiger charge is 2.16. The van der Waals surface area contributed by atoms with Crippen molar-refractivity contribution in [1.82, 2.24) is 0 Å². The van der Waals surface area contributed by atoms with Gasteiger partial charge in [-0.3, -0.25) is 0 Å². The molecular weight excluding hydrogens is 383 g/mol. The van der Waals surface area contributed by atoms with E-state index in [1.807, 2.05) is 30.3 Å². The minimum atomic E-state index is -0.0891. The smallest absolute Gasteiger partial charge is 0.183 e. The zero-order chi connectivity index (χ0) is 13.1. The number of hydrogen-bond donors (Lipinski definition) is 2. The summed E-state index contributed by atoms with van der Waals surface area (Å²) >= 11 is 12.5. The Morgan fingerprint density at radius 2 is 1.94 bits per heavy atom. The lowest BCUT2D eigenvalue weighted by atomic mass is 10.2. The van der Waals surface area contributed by atoms with Crippen LogP contribution in [0.25, 0.3) is 0 Å². The Morgan fingerprint density at radius 3 is 2.44 bits per heavy atom. The molecule has 2 aromatic rings. The minimum Gasteiger partial charge on any atom is -0.451 e. The van der Waals surface area contributed by atoms with E-state index in [-0.39, 0.29) is 6.04 Å². The molecule has 0 amide bonds. The summed E-state index contributed by atoms with van der Waals surface area (Å²) in [6.07, 6.45) is 0. The molecular formula is C12H11Br2ClN2O. The Bertz CT molecular complexity index is 508. The van der Waals surface area contributed by atoms with E-state index in [4.69, 9.17) is 21.8 Å². The first-order valence-corrected chi connectivity index (χ1v) is 7.23. The monoisotopic (exact) mass is 392 g/mol. The minimum absolute atomic E-state index is 0.0891. The molecule has 18 heavy (non-hydrogen) atoms. The second-order valence-corrected chi connectivity index (χ2v) is 5.72. The van der Waals surface area contributed by atoms with Gasteiger partial charge in [-0.25, -0.2) is 0 Å². The number of anilines is 1. The highest BCUT2D eigenvalue weighted by molar-refractivity contribution is 9.13. The average molecular weight is 394 g/mol. The third kappa shape index (κ3) is 3.29. The molecule has 1 atom stereocenters. The van der Waals surface area contributed by atoms with Crippen molar-refractivity contribution in [3.63, 3.8) is 0 Å². The van der Waals surface area contributed by atoms with Crippen molar-refractivity contribution in [2.45, 2.75) is 6.04 Å². The topological polar surface area (TPSA) is 51.2 Å². The van der Waals surface area contributed by atoms with Gasteiger partial charge in [0, 0.05) is 17.3 Å². The van der Waals surface area contributed by atoms with Crippen LogP contribution >= 0.6 is 43.5 Å². The molecule has 1 aromatic heterocycles. The summed E-state index contributed by atoms with van der Waals surface area (Å²) in [5.41, 5.74) is 6.71. The van der Waals surface area contributed by atoms with Crippen LogP contribution in [-0.4, -0.2) is 6.54 Å². The number of furan rings is 1. The molecule has 0 aliphatic carbocycles. The second-order valence-electron chi connectivity index (χ2n) is 3.71. The van der Waals surface area contributed by atoms with Crippen LogP contribution in [0, 0.1) is 0 Å². The molecule has 2 rings (SSSR count). The van der Waals surface area contributed by atoms with Crippen LogP contribution in [0.1, 0.15) is 11.8 Å². The van der Waals surface area contributed by atoms with E-state index < -0.39 is 0 Å². The molecule has 0 saturated carbocycles. The van der Waals surface area contributed by atoms with Crippen LogP contribution in [0.3, 0.4) is 0 Å². The second kappa shape index (κ2) is 6.10. The number of nitrogens with two attached hydrogens (primary N) is 1. The molecule has 0 aliphatic heterocycles. The molecule has 3 N–H and O–H groups in total. The number of rotatable bonds is 4. The molecule has 0 radical (unpaired) electrons. The van der Waals surface area contributed by atoms with Gasteiger partial charge in [0.1, 0.15) is 5.76 Å². The van der Waals surface area contributed by atoms with Gasteiger partial charge in [-0.2, -0.15) is 0 Å². The Kier molecular flexibility index (Phi) is 4.72. The van der Waals surface area contributed by atoms with Crippen molar-refractivity contribution in [1.29, 1.82) is 0 Å². The van der Waals surface area contributed by atoms with Gasteiger partial charge in [-0.15, -0.1) is 0 Å². The number of hydrogen-bond acceptors (Lipinski definition) is 3. The highest BCUT2D eigenvalue weighted by atomic mass is 79.9. The van der Waals surface area contributed by atoms with Crippen molar-refractivity contribution in [3.8, 4) is 0 Å². The zero-order valence-electron chi connectivity index (χ0n) is 9.29. The van der Waals surface area contributed by atoms with Crippen LogP contribution in [0.4, 0.5) is 5.69 Å². The van der Waals surface area contributed by atoms with E-state index in [1.54, 1.807) is 0 Å². The summed E-state index contributed by atoms with van der Waals surface area (Å²) < 4.78 is 7.09. The molecule has 0 bridgehead atoms. The first-order chi connectivity index (χ1) is 8.60.